The van der Waals surface area contributed by atoms with Crippen molar-refractivity contribution >= 4 is 63.2 Å². The van der Waals surface area contributed by atoms with Crippen LogP contribution in [0.2, 0.25) is 0 Å². The standard InChI is InChI=1S/C30H33N5O6S3/c1-7-40-28(38)23-18(5)24(29(39)41-8-2)44-27(23)32-25(36)19(6)43-30-34-33-22(15-31-26(37)21-13-10-14-42-21)35(30)20-12-9-11-16(3)17(20)4/h9-14,19H,7-8,15H2,1-6H3,(H,31,37)(H,32,36). The van der Waals surface area contributed by atoms with E-state index in [2.05, 4.69) is 20.8 Å². The quantitative estimate of drug-likeness (QED) is 0.145. The van der Waals surface area contributed by atoms with Crippen LogP contribution in [-0.4, -0.2) is 57.0 Å². The van der Waals surface area contributed by atoms with E-state index >= 15 is 0 Å². The molecule has 0 spiro atoms. The van der Waals surface area contributed by atoms with E-state index in [1.165, 1.54) is 23.1 Å². The molecule has 0 bridgehead atoms. The summed E-state index contributed by atoms with van der Waals surface area (Å²) >= 11 is 3.48. The second kappa shape index (κ2) is 14.6. The zero-order chi connectivity index (χ0) is 32.0. The SMILES string of the molecule is CCOC(=O)c1sc(NC(=O)C(C)Sc2nnc(CNC(=O)c3cccs3)n2-c2cccc(C)c2C)c(C(=O)OCC)c1C. The number of anilines is 1. The molecule has 1 unspecified atom stereocenters. The number of hydrogen-bond donors (Lipinski definition) is 2. The van der Waals surface area contributed by atoms with Crippen molar-refractivity contribution in [2.24, 2.45) is 0 Å². The van der Waals surface area contributed by atoms with Gasteiger partial charge in [-0.1, -0.05) is 30.0 Å². The number of amides is 2. The van der Waals surface area contributed by atoms with E-state index in [0.29, 0.717) is 21.4 Å². The number of ether oxygens (including phenoxy) is 2. The fourth-order valence-electron chi connectivity index (χ4n) is 4.23. The van der Waals surface area contributed by atoms with E-state index in [0.717, 1.165) is 28.2 Å². The minimum Gasteiger partial charge on any atom is -0.462 e. The molecule has 11 nitrogen and oxygen atoms in total. The number of nitrogens with zero attached hydrogens (tertiary/aromatic N) is 3. The number of nitrogens with one attached hydrogen (secondary N) is 2. The van der Waals surface area contributed by atoms with E-state index in [1.807, 2.05) is 48.1 Å². The monoisotopic (exact) mass is 655 g/mol. The van der Waals surface area contributed by atoms with Gasteiger partial charge < -0.3 is 20.1 Å². The van der Waals surface area contributed by atoms with Gasteiger partial charge in [0.15, 0.2) is 11.0 Å². The molecule has 0 saturated heterocycles. The van der Waals surface area contributed by atoms with E-state index < -0.39 is 23.1 Å². The van der Waals surface area contributed by atoms with Crippen LogP contribution in [0, 0.1) is 20.8 Å². The van der Waals surface area contributed by atoms with Gasteiger partial charge in [0.2, 0.25) is 5.91 Å². The first-order chi connectivity index (χ1) is 21.1. The number of aromatic nitrogens is 3. The Hall–Kier alpha value is -4.01. The van der Waals surface area contributed by atoms with Crippen molar-refractivity contribution in [3.63, 3.8) is 0 Å². The highest BCUT2D eigenvalue weighted by Gasteiger charge is 2.29. The van der Waals surface area contributed by atoms with Gasteiger partial charge in [0, 0.05) is 0 Å². The van der Waals surface area contributed by atoms with Crippen molar-refractivity contribution < 1.29 is 28.7 Å². The summed E-state index contributed by atoms with van der Waals surface area (Å²) in [6.07, 6.45) is 0. The van der Waals surface area contributed by atoms with Crippen LogP contribution in [0.4, 0.5) is 5.00 Å². The lowest BCUT2D eigenvalue weighted by Crippen LogP contribution is -2.25. The number of aryl methyl sites for hydroxylation is 1. The van der Waals surface area contributed by atoms with Gasteiger partial charge in [-0.15, -0.1) is 32.9 Å². The third-order valence-electron chi connectivity index (χ3n) is 6.64. The summed E-state index contributed by atoms with van der Waals surface area (Å²) in [5, 5.41) is 16.2. The average Bonchev–Trinajstić information content (AvgIpc) is 3.73. The van der Waals surface area contributed by atoms with E-state index in [9.17, 15) is 19.2 Å². The molecule has 0 aliphatic heterocycles. The van der Waals surface area contributed by atoms with Gasteiger partial charge in [-0.25, -0.2) is 9.59 Å². The van der Waals surface area contributed by atoms with E-state index in [-0.39, 0.29) is 41.1 Å². The highest BCUT2D eigenvalue weighted by atomic mass is 32.2. The fraction of sp³-hybridized carbons (Fsp3) is 0.333. The van der Waals surface area contributed by atoms with Crippen LogP contribution in [0.5, 0.6) is 0 Å². The van der Waals surface area contributed by atoms with Crippen LogP contribution in [0.1, 0.15) is 73.0 Å². The molecule has 1 atom stereocenters. The molecule has 0 fully saturated rings. The highest BCUT2D eigenvalue weighted by Crippen LogP contribution is 2.35. The fourth-order valence-corrected chi connectivity index (χ4v) is 6.84. The normalized spacial score (nSPS) is 11.6. The lowest BCUT2D eigenvalue weighted by Gasteiger charge is -2.16. The molecule has 0 aliphatic rings. The van der Waals surface area contributed by atoms with Crippen molar-refractivity contribution in [1.29, 1.82) is 0 Å². The molecule has 4 rings (SSSR count). The van der Waals surface area contributed by atoms with Gasteiger partial charge in [-0.2, -0.15) is 0 Å². The largest absolute Gasteiger partial charge is 0.462 e. The Balaban J connectivity index is 1.62. The maximum absolute atomic E-state index is 13.5. The summed E-state index contributed by atoms with van der Waals surface area (Å²) in [6, 6.07) is 9.41. The second-order valence-corrected chi connectivity index (χ2v) is 12.8. The Bertz CT molecular complexity index is 1680. The lowest BCUT2D eigenvalue weighted by atomic mass is 10.1. The van der Waals surface area contributed by atoms with Crippen molar-refractivity contribution in [2.45, 2.75) is 58.5 Å². The minimum atomic E-state index is -0.694. The Kier molecular flexibility index (Phi) is 10.9. The third-order valence-corrected chi connectivity index (χ3v) is 9.74. The predicted octanol–water partition coefficient (Wildman–Crippen LogP) is 5.72. The number of rotatable bonds is 12. The zero-order valence-electron chi connectivity index (χ0n) is 25.2. The van der Waals surface area contributed by atoms with Crippen molar-refractivity contribution in [2.75, 3.05) is 18.5 Å². The smallest absolute Gasteiger partial charge is 0.348 e. The van der Waals surface area contributed by atoms with Crippen molar-refractivity contribution in [3.8, 4) is 5.69 Å². The number of hydrogen-bond acceptors (Lipinski definition) is 11. The molecule has 3 heterocycles. The maximum atomic E-state index is 13.5. The van der Waals surface area contributed by atoms with E-state index in [4.69, 9.17) is 9.47 Å². The third kappa shape index (κ3) is 7.20. The molecule has 44 heavy (non-hydrogen) atoms. The Morgan fingerprint density at radius 1 is 0.977 bits per heavy atom. The Morgan fingerprint density at radius 2 is 1.70 bits per heavy atom. The van der Waals surface area contributed by atoms with Crippen molar-refractivity contribution in [1.82, 2.24) is 20.1 Å². The Labute approximate surface area is 267 Å². The molecule has 2 amide bonds. The zero-order valence-corrected chi connectivity index (χ0v) is 27.6. The summed E-state index contributed by atoms with van der Waals surface area (Å²) in [5.74, 6) is -1.36. The minimum absolute atomic E-state index is 0.117. The molecule has 2 N–H and O–H groups in total. The van der Waals surface area contributed by atoms with Gasteiger partial charge in [0.25, 0.3) is 5.91 Å². The summed E-state index contributed by atoms with van der Waals surface area (Å²) in [6.45, 7) is 11.1. The summed E-state index contributed by atoms with van der Waals surface area (Å²) < 4.78 is 12.2. The topological polar surface area (TPSA) is 142 Å². The number of esters is 2. The molecule has 0 radical (unpaired) electrons. The molecule has 3 aromatic heterocycles. The summed E-state index contributed by atoms with van der Waals surface area (Å²) in [4.78, 5) is 52.3. The maximum Gasteiger partial charge on any atom is 0.348 e. The molecular weight excluding hydrogens is 623 g/mol. The number of thiophene rings is 2. The van der Waals surface area contributed by atoms with Gasteiger partial charge in [0.05, 0.1) is 41.1 Å². The van der Waals surface area contributed by atoms with Crippen LogP contribution in [-0.2, 0) is 20.8 Å². The van der Waals surface area contributed by atoms with Crippen LogP contribution < -0.4 is 10.6 Å². The molecule has 4 aromatic rings. The van der Waals surface area contributed by atoms with Crippen LogP contribution in [0.15, 0.2) is 40.9 Å². The summed E-state index contributed by atoms with van der Waals surface area (Å²) in [7, 11) is 0. The van der Waals surface area contributed by atoms with Gasteiger partial charge in [0.1, 0.15) is 9.88 Å². The molecule has 0 aliphatic carbocycles. The first-order valence-electron chi connectivity index (χ1n) is 13.8. The molecule has 0 saturated carbocycles. The number of thioether (sulfide) groups is 1. The van der Waals surface area contributed by atoms with Gasteiger partial charge in [-0.05, 0) is 75.7 Å². The van der Waals surface area contributed by atoms with Crippen molar-refractivity contribution in [3.05, 3.63) is 73.5 Å². The molecule has 1 aromatic carbocycles. The predicted molar refractivity (Wildman–Crippen MR) is 171 cm³/mol. The molecular formula is C30H33N5O6S3. The highest BCUT2D eigenvalue weighted by molar-refractivity contribution is 8.00. The second-order valence-electron chi connectivity index (χ2n) is 9.56. The van der Waals surface area contributed by atoms with Crippen LogP contribution in [0.3, 0.4) is 0 Å². The van der Waals surface area contributed by atoms with Crippen LogP contribution >= 0.6 is 34.4 Å². The molecule has 232 valence electrons. The number of carbonyl (C=O) groups is 4. The summed E-state index contributed by atoms with van der Waals surface area (Å²) in [5.41, 5.74) is 3.38. The van der Waals surface area contributed by atoms with Gasteiger partial charge in [-0.3, -0.25) is 14.2 Å². The number of benzene rings is 1. The van der Waals surface area contributed by atoms with Crippen LogP contribution in [0.25, 0.3) is 5.69 Å². The first kappa shape index (κ1) is 32.9. The lowest BCUT2D eigenvalue weighted by molar-refractivity contribution is -0.115. The van der Waals surface area contributed by atoms with Gasteiger partial charge >= 0.3 is 11.9 Å². The van der Waals surface area contributed by atoms with E-state index in [1.54, 1.807) is 33.8 Å². The molecule has 14 heteroatoms. The Morgan fingerprint density at radius 3 is 2.39 bits per heavy atom. The first-order valence-corrected chi connectivity index (χ1v) is 16.4. The number of carbonyl (C=O) groups excluding carboxylic acids is 4. The average molecular weight is 656 g/mol.